The molecule has 1 aliphatic rings. The summed E-state index contributed by atoms with van der Waals surface area (Å²) in [6.45, 7) is 1.25. The lowest BCUT2D eigenvalue weighted by Crippen LogP contribution is -2.38. The number of hydrogen-bond acceptors (Lipinski definition) is 4. The smallest absolute Gasteiger partial charge is 0.416 e. The van der Waals surface area contributed by atoms with Gasteiger partial charge in [-0.05, 0) is 30.3 Å². The van der Waals surface area contributed by atoms with E-state index in [1.807, 2.05) is 4.90 Å². The Morgan fingerprint density at radius 3 is 2.26 bits per heavy atom. The molecule has 1 heterocycles. The number of ether oxygens (including phenoxy) is 1. The minimum Gasteiger partial charge on any atom is -0.489 e. The third-order valence-corrected chi connectivity index (χ3v) is 4.72. The predicted octanol–water partition coefficient (Wildman–Crippen LogP) is 5.31. The van der Waals surface area contributed by atoms with E-state index in [0.29, 0.717) is 31.7 Å². The molecule has 1 aliphatic heterocycles. The van der Waals surface area contributed by atoms with Crippen molar-refractivity contribution in [1.82, 2.24) is 0 Å². The van der Waals surface area contributed by atoms with Crippen molar-refractivity contribution in [2.24, 2.45) is 0 Å². The van der Waals surface area contributed by atoms with Crippen LogP contribution >= 0.6 is 11.6 Å². The van der Waals surface area contributed by atoms with Crippen molar-refractivity contribution in [3.63, 3.8) is 0 Å². The molecule has 0 aromatic heterocycles. The van der Waals surface area contributed by atoms with E-state index in [0.717, 1.165) is 17.8 Å². The second-order valence-electron chi connectivity index (χ2n) is 6.22. The largest absolute Gasteiger partial charge is 0.489 e. The average Bonchev–Trinajstić information content (AvgIpc) is 2.63. The first kappa shape index (κ1) is 19.3. The van der Waals surface area contributed by atoms with Crippen LogP contribution in [0.2, 0.25) is 5.02 Å². The molecule has 0 bridgehead atoms. The number of hydrogen-bond donors (Lipinski definition) is 0. The molecule has 1 fully saturated rings. The number of halogens is 4. The molecule has 0 spiro atoms. The van der Waals surface area contributed by atoms with Crippen LogP contribution in [-0.4, -0.2) is 24.1 Å². The van der Waals surface area contributed by atoms with E-state index in [9.17, 15) is 23.3 Å². The van der Waals surface area contributed by atoms with Gasteiger partial charge in [0, 0.05) is 43.8 Å². The van der Waals surface area contributed by atoms with Crippen molar-refractivity contribution in [2.75, 3.05) is 18.0 Å². The number of alkyl halides is 3. The maximum absolute atomic E-state index is 12.6. The monoisotopic (exact) mass is 400 g/mol. The molecule has 1 saturated heterocycles. The summed E-state index contributed by atoms with van der Waals surface area (Å²) in [6.07, 6.45) is -3.14. The van der Waals surface area contributed by atoms with Gasteiger partial charge in [-0.3, -0.25) is 10.1 Å². The highest BCUT2D eigenvalue weighted by molar-refractivity contribution is 6.32. The van der Waals surface area contributed by atoms with Crippen LogP contribution in [0, 0.1) is 10.1 Å². The molecule has 0 atom stereocenters. The molecule has 2 aromatic rings. The van der Waals surface area contributed by atoms with Gasteiger partial charge in [0.2, 0.25) is 0 Å². The van der Waals surface area contributed by atoms with Crippen LogP contribution in [0.4, 0.5) is 24.5 Å². The third kappa shape index (κ3) is 4.63. The number of rotatable bonds is 4. The van der Waals surface area contributed by atoms with Gasteiger partial charge in [-0.15, -0.1) is 0 Å². The number of anilines is 1. The highest BCUT2D eigenvalue weighted by Crippen LogP contribution is 2.33. The Morgan fingerprint density at radius 2 is 1.74 bits per heavy atom. The van der Waals surface area contributed by atoms with Gasteiger partial charge in [-0.1, -0.05) is 11.6 Å². The van der Waals surface area contributed by atoms with Gasteiger partial charge < -0.3 is 9.64 Å². The highest BCUT2D eigenvalue weighted by Gasteiger charge is 2.30. The van der Waals surface area contributed by atoms with Crippen molar-refractivity contribution in [2.45, 2.75) is 25.1 Å². The summed E-state index contributed by atoms with van der Waals surface area (Å²) < 4.78 is 43.8. The maximum atomic E-state index is 12.6. The first-order valence-corrected chi connectivity index (χ1v) is 8.64. The zero-order chi connectivity index (χ0) is 19.6. The quantitative estimate of drug-likeness (QED) is 0.515. The van der Waals surface area contributed by atoms with E-state index in [1.165, 1.54) is 30.3 Å². The van der Waals surface area contributed by atoms with Crippen LogP contribution in [-0.2, 0) is 6.18 Å². The molecule has 0 radical (unpaired) electrons. The van der Waals surface area contributed by atoms with Crippen LogP contribution in [0.3, 0.4) is 0 Å². The maximum Gasteiger partial charge on any atom is 0.416 e. The summed E-state index contributed by atoms with van der Waals surface area (Å²) in [6, 6.07) is 9.15. The summed E-state index contributed by atoms with van der Waals surface area (Å²) in [4.78, 5) is 12.2. The van der Waals surface area contributed by atoms with Gasteiger partial charge in [0.25, 0.3) is 5.69 Å². The summed E-state index contributed by atoms with van der Waals surface area (Å²) in [5, 5.41) is 10.9. The zero-order valence-electron chi connectivity index (χ0n) is 14.1. The zero-order valence-corrected chi connectivity index (χ0v) is 14.8. The number of nitro benzene ring substituents is 1. The van der Waals surface area contributed by atoms with Crippen LogP contribution in [0.15, 0.2) is 42.5 Å². The molecule has 27 heavy (non-hydrogen) atoms. The fraction of sp³-hybridized carbons (Fsp3) is 0.333. The first-order chi connectivity index (χ1) is 12.7. The summed E-state index contributed by atoms with van der Waals surface area (Å²) in [5.74, 6) is 0.384. The van der Waals surface area contributed by atoms with Gasteiger partial charge in [-0.2, -0.15) is 13.2 Å². The second kappa shape index (κ2) is 7.64. The van der Waals surface area contributed by atoms with Crippen molar-refractivity contribution >= 4 is 23.0 Å². The van der Waals surface area contributed by atoms with Gasteiger partial charge in [-0.25, -0.2) is 0 Å². The fourth-order valence-corrected chi connectivity index (χ4v) is 3.19. The van der Waals surface area contributed by atoms with Crippen LogP contribution in [0.5, 0.6) is 5.75 Å². The Hall–Kier alpha value is -2.48. The average molecular weight is 401 g/mol. The summed E-state index contributed by atoms with van der Waals surface area (Å²) in [5.41, 5.74) is -0.0448. The van der Waals surface area contributed by atoms with Crippen LogP contribution in [0.25, 0.3) is 0 Å². The molecule has 0 N–H and O–H groups in total. The minimum absolute atomic E-state index is 0.107. The second-order valence-corrected chi connectivity index (χ2v) is 6.63. The van der Waals surface area contributed by atoms with E-state index in [1.54, 1.807) is 0 Å². The van der Waals surface area contributed by atoms with E-state index < -0.39 is 16.7 Å². The molecule has 3 rings (SSSR count). The summed E-state index contributed by atoms with van der Waals surface area (Å²) >= 11 is 6.04. The van der Waals surface area contributed by atoms with E-state index in [4.69, 9.17) is 16.3 Å². The highest BCUT2D eigenvalue weighted by atomic mass is 35.5. The predicted molar refractivity (Wildman–Crippen MR) is 95.4 cm³/mol. The minimum atomic E-state index is -4.34. The van der Waals surface area contributed by atoms with Gasteiger partial charge in [0.1, 0.15) is 11.9 Å². The third-order valence-electron chi connectivity index (χ3n) is 4.42. The number of non-ortho nitro benzene ring substituents is 1. The molecular weight excluding hydrogens is 385 g/mol. The summed E-state index contributed by atoms with van der Waals surface area (Å²) in [7, 11) is 0. The lowest BCUT2D eigenvalue weighted by atomic mass is 10.1. The van der Waals surface area contributed by atoms with Crippen molar-refractivity contribution in [1.29, 1.82) is 0 Å². The van der Waals surface area contributed by atoms with Gasteiger partial charge >= 0.3 is 6.18 Å². The van der Waals surface area contributed by atoms with E-state index >= 15 is 0 Å². The van der Waals surface area contributed by atoms with E-state index in [-0.39, 0.29) is 16.8 Å². The van der Waals surface area contributed by atoms with Gasteiger partial charge in [0.15, 0.2) is 0 Å². The Morgan fingerprint density at radius 1 is 1.11 bits per heavy atom. The SMILES string of the molecule is O=[N+]([O-])c1ccc(OC2CCN(c3ccc(C(F)(F)F)cc3)CC2)c(Cl)c1. The molecule has 0 aliphatic carbocycles. The number of benzene rings is 2. The number of nitro groups is 1. The molecule has 5 nitrogen and oxygen atoms in total. The van der Waals surface area contributed by atoms with Crippen LogP contribution in [0.1, 0.15) is 18.4 Å². The molecule has 0 saturated carbocycles. The molecule has 2 aromatic carbocycles. The van der Waals surface area contributed by atoms with Crippen molar-refractivity contribution in [3.05, 3.63) is 63.2 Å². The van der Waals surface area contributed by atoms with Crippen molar-refractivity contribution < 1.29 is 22.8 Å². The lowest BCUT2D eigenvalue weighted by molar-refractivity contribution is -0.384. The Bertz CT molecular complexity index is 820. The molecule has 0 unspecified atom stereocenters. The van der Waals surface area contributed by atoms with E-state index in [2.05, 4.69) is 0 Å². The topological polar surface area (TPSA) is 55.6 Å². The standard InChI is InChI=1S/C18H16ClF3N2O3/c19-16-11-14(24(25)26)5-6-17(16)27-15-7-9-23(10-8-15)13-3-1-12(2-4-13)18(20,21)22/h1-6,11,15H,7-10H2. The molecule has 9 heteroatoms. The van der Waals surface area contributed by atoms with Crippen LogP contribution < -0.4 is 9.64 Å². The number of nitrogens with zero attached hydrogens (tertiary/aromatic N) is 2. The van der Waals surface area contributed by atoms with Crippen molar-refractivity contribution in [3.8, 4) is 5.75 Å². The molecule has 144 valence electrons. The fourth-order valence-electron chi connectivity index (χ4n) is 2.97. The lowest BCUT2D eigenvalue weighted by Gasteiger charge is -2.34. The normalized spacial score (nSPS) is 15.6. The molecule has 0 amide bonds. The van der Waals surface area contributed by atoms with Gasteiger partial charge in [0.05, 0.1) is 15.5 Å². The molecular formula is C18H16ClF3N2O3. The number of piperidine rings is 1. The Labute approximate surface area is 158 Å². The Balaban J connectivity index is 1.58. The first-order valence-electron chi connectivity index (χ1n) is 8.27. The Kier molecular flexibility index (Phi) is 5.46.